The number of carboxylic acids is 1. The number of alkyl halides is 2. The van der Waals surface area contributed by atoms with Gasteiger partial charge >= 0.3 is 5.97 Å². The smallest absolute Gasteiger partial charge is 0.303 e. The molecule has 10 heteroatoms. The van der Waals surface area contributed by atoms with E-state index in [1.165, 1.54) is 27.8 Å². The lowest BCUT2D eigenvalue weighted by Crippen LogP contribution is -2.44. The van der Waals surface area contributed by atoms with Crippen LogP contribution in [0.1, 0.15) is 44.4 Å². The molecular weight excluding hydrogens is 320 g/mol. The van der Waals surface area contributed by atoms with Crippen LogP contribution in [0, 0.1) is 6.92 Å². The highest BCUT2D eigenvalue weighted by atomic mass is 32.2. The highest BCUT2D eigenvalue weighted by Crippen LogP contribution is 2.30. The fourth-order valence-corrected chi connectivity index (χ4v) is 3.95. The largest absolute Gasteiger partial charge is 0.481 e. The summed E-state index contributed by atoms with van der Waals surface area (Å²) in [6, 6.07) is 0. The second-order valence-electron chi connectivity index (χ2n) is 5.61. The molecule has 0 aromatic carbocycles. The maximum Gasteiger partial charge on any atom is 0.303 e. The highest BCUT2D eigenvalue weighted by molar-refractivity contribution is 7.89. The Morgan fingerprint density at radius 3 is 2.45 bits per heavy atom. The van der Waals surface area contributed by atoms with Crippen molar-refractivity contribution in [3.05, 3.63) is 11.3 Å². The topological polar surface area (TPSA) is 101 Å². The number of hydrogen-bond donors (Lipinski definition) is 2. The van der Waals surface area contributed by atoms with Crippen LogP contribution in [0.15, 0.2) is 5.03 Å². The van der Waals surface area contributed by atoms with Gasteiger partial charge in [0.25, 0.3) is 16.4 Å². The predicted molar refractivity (Wildman–Crippen MR) is 74.2 cm³/mol. The third kappa shape index (κ3) is 4.23. The van der Waals surface area contributed by atoms with Crippen molar-refractivity contribution in [1.82, 2.24) is 14.5 Å². The number of sulfonamides is 1. The van der Waals surface area contributed by atoms with Crippen molar-refractivity contribution in [2.24, 2.45) is 7.05 Å². The number of aryl methyl sites for hydroxylation is 2. The van der Waals surface area contributed by atoms with Crippen LogP contribution in [0.3, 0.4) is 0 Å². The zero-order valence-electron chi connectivity index (χ0n) is 12.7. The van der Waals surface area contributed by atoms with Crippen molar-refractivity contribution in [2.75, 3.05) is 0 Å². The summed E-state index contributed by atoms with van der Waals surface area (Å²) < 4.78 is 54.1. The highest BCUT2D eigenvalue weighted by Gasteiger charge is 2.34. The molecule has 7 nitrogen and oxygen atoms in total. The molecule has 0 fully saturated rings. The minimum Gasteiger partial charge on any atom is -0.481 e. The van der Waals surface area contributed by atoms with E-state index < -0.39 is 38.5 Å². The summed E-state index contributed by atoms with van der Waals surface area (Å²) in [7, 11) is -3.01. The lowest BCUT2D eigenvalue weighted by molar-refractivity contribution is -0.137. The molecule has 0 amide bonds. The lowest BCUT2D eigenvalue weighted by atomic mass is 10.0. The molecule has 0 saturated carbocycles. The molecule has 2 N–H and O–H groups in total. The Balaban J connectivity index is 3.18. The summed E-state index contributed by atoms with van der Waals surface area (Å²) in [5, 5.41) is 11.8. The van der Waals surface area contributed by atoms with Gasteiger partial charge in [0.15, 0.2) is 5.03 Å². The van der Waals surface area contributed by atoms with E-state index in [0.717, 1.165) is 4.68 Å². The Morgan fingerprint density at radius 1 is 1.45 bits per heavy atom. The van der Waals surface area contributed by atoms with Gasteiger partial charge in [-0.1, -0.05) is 0 Å². The maximum absolute atomic E-state index is 13.1. The van der Waals surface area contributed by atoms with Gasteiger partial charge in [-0.05, 0) is 27.2 Å². The lowest BCUT2D eigenvalue weighted by Gasteiger charge is -2.25. The van der Waals surface area contributed by atoms with Crippen LogP contribution in [0.4, 0.5) is 8.78 Å². The van der Waals surface area contributed by atoms with E-state index in [0.29, 0.717) is 0 Å². The Kier molecular flexibility index (Phi) is 5.29. The van der Waals surface area contributed by atoms with Gasteiger partial charge in [-0.2, -0.15) is 5.10 Å². The number of carboxylic acid groups (broad SMARTS) is 1. The zero-order chi connectivity index (χ0) is 17.3. The van der Waals surface area contributed by atoms with Crippen LogP contribution < -0.4 is 4.72 Å². The Labute approximate surface area is 127 Å². The number of halogens is 2. The van der Waals surface area contributed by atoms with E-state index in [1.54, 1.807) is 0 Å². The number of nitrogens with zero attached hydrogens (tertiary/aromatic N) is 2. The molecule has 126 valence electrons. The summed E-state index contributed by atoms with van der Waals surface area (Å²) in [5.41, 5.74) is -1.82. The molecule has 0 spiro atoms. The molecule has 0 atom stereocenters. The van der Waals surface area contributed by atoms with Gasteiger partial charge in [0.2, 0.25) is 0 Å². The summed E-state index contributed by atoms with van der Waals surface area (Å²) >= 11 is 0. The second-order valence-corrected chi connectivity index (χ2v) is 7.21. The molecule has 0 bridgehead atoms. The van der Waals surface area contributed by atoms with Gasteiger partial charge in [0.1, 0.15) is 0 Å². The normalized spacial score (nSPS) is 12.9. The van der Waals surface area contributed by atoms with Gasteiger partial charge in [0, 0.05) is 19.0 Å². The van der Waals surface area contributed by atoms with E-state index in [4.69, 9.17) is 5.11 Å². The minimum absolute atomic E-state index is 0.0163. The molecule has 1 aromatic heterocycles. The number of aliphatic carboxylic acids is 1. The molecule has 1 heterocycles. The van der Waals surface area contributed by atoms with Crippen LogP contribution in [0.2, 0.25) is 0 Å². The standard InChI is InChI=1S/C12H19F2N3O4S/c1-7-9(10(13)14)11(17(4)15-7)22(20,21)16-12(2,3)6-5-8(18)19/h10,16H,5-6H2,1-4H3,(H,18,19). The number of carbonyl (C=O) groups is 1. The monoisotopic (exact) mass is 339 g/mol. The average Bonchev–Trinajstić information content (AvgIpc) is 2.61. The van der Waals surface area contributed by atoms with Gasteiger partial charge in [-0.15, -0.1) is 0 Å². The average molecular weight is 339 g/mol. The van der Waals surface area contributed by atoms with Gasteiger partial charge < -0.3 is 5.11 Å². The maximum atomic E-state index is 13.1. The van der Waals surface area contributed by atoms with Crippen molar-refractivity contribution in [1.29, 1.82) is 0 Å². The predicted octanol–water partition coefficient (Wildman–Crippen LogP) is 1.59. The fourth-order valence-electron chi connectivity index (χ4n) is 2.11. The minimum atomic E-state index is -4.27. The van der Waals surface area contributed by atoms with E-state index in [9.17, 15) is 22.0 Å². The van der Waals surface area contributed by atoms with Crippen molar-refractivity contribution >= 4 is 16.0 Å². The first-order valence-electron chi connectivity index (χ1n) is 6.45. The van der Waals surface area contributed by atoms with E-state index >= 15 is 0 Å². The summed E-state index contributed by atoms with van der Waals surface area (Å²) in [4.78, 5) is 10.6. The number of rotatable bonds is 7. The van der Waals surface area contributed by atoms with Crippen molar-refractivity contribution in [2.45, 2.75) is 50.6 Å². The molecular formula is C12H19F2N3O4S. The number of nitrogens with one attached hydrogen (secondary N) is 1. The molecule has 0 saturated heterocycles. The van der Waals surface area contributed by atoms with Gasteiger partial charge in [-0.25, -0.2) is 21.9 Å². The molecule has 22 heavy (non-hydrogen) atoms. The second kappa shape index (κ2) is 6.29. The summed E-state index contributed by atoms with van der Waals surface area (Å²) in [5.74, 6) is -1.07. The molecule has 0 unspecified atom stereocenters. The Bertz CT molecular complexity index is 668. The molecule has 0 radical (unpaired) electrons. The van der Waals surface area contributed by atoms with Gasteiger partial charge in [-0.3, -0.25) is 9.48 Å². The van der Waals surface area contributed by atoms with Crippen molar-refractivity contribution in [3.63, 3.8) is 0 Å². The number of aromatic nitrogens is 2. The van der Waals surface area contributed by atoms with Crippen LogP contribution in [0.5, 0.6) is 0 Å². The fraction of sp³-hybridized carbons (Fsp3) is 0.667. The van der Waals surface area contributed by atoms with Crippen LogP contribution in [-0.4, -0.2) is 34.8 Å². The molecule has 0 aliphatic heterocycles. The summed E-state index contributed by atoms with van der Waals surface area (Å²) in [6.07, 6.45) is -3.22. The first kappa shape index (κ1) is 18.5. The first-order valence-corrected chi connectivity index (χ1v) is 7.93. The molecule has 0 aliphatic carbocycles. The third-order valence-corrected chi connectivity index (χ3v) is 4.88. The van der Waals surface area contributed by atoms with Crippen LogP contribution in [-0.2, 0) is 21.9 Å². The molecule has 1 rings (SSSR count). The molecule has 1 aromatic rings. The third-order valence-electron chi connectivity index (χ3n) is 3.06. The van der Waals surface area contributed by atoms with E-state index in [2.05, 4.69) is 9.82 Å². The Morgan fingerprint density at radius 2 is 2.00 bits per heavy atom. The zero-order valence-corrected chi connectivity index (χ0v) is 13.5. The first-order chi connectivity index (χ1) is 9.87. The Hall–Kier alpha value is -1.55. The van der Waals surface area contributed by atoms with Crippen molar-refractivity contribution < 1.29 is 27.1 Å². The quantitative estimate of drug-likeness (QED) is 0.785. The SMILES string of the molecule is Cc1nn(C)c(S(=O)(=O)NC(C)(C)CCC(=O)O)c1C(F)F. The van der Waals surface area contributed by atoms with Gasteiger partial charge in [0.05, 0.1) is 11.3 Å². The molecule has 0 aliphatic rings. The summed E-state index contributed by atoms with van der Waals surface area (Å²) in [6.45, 7) is 4.27. The van der Waals surface area contributed by atoms with Crippen LogP contribution in [0.25, 0.3) is 0 Å². The van der Waals surface area contributed by atoms with E-state index in [1.807, 2.05) is 0 Å². The van der Waals surface area contributed by atoms with E-state index in [-0.39, 0.29) is 18.5 Å². The van der Waals surface area contributed by atoms with Crippen LogP contribution >= 0.6 is 0 Å². The number of hydrogen-bond acceptors (Lipinski definition) is 4. The van der Waals surface area contributed by atoms with Crippen molar-refractivity contribution in [3.8, 4) is 0 Å².